The summed E-state index contributed by atoms with van der Waals surface area (Å²) in [5.74, 6) is 0.724. The molecule has 0 aliphatic carbocycles. The van der Waals surface area contributed by atoms with Crippen molar-refractivity contribution in [3.05, 3.63) is 72.3 Å². The molecular weight excluding hydrogens is 366 g/mol. The van der Waals surface area contributed by atoms with Crippen molar-refractivity contribution in [1.82, 2.24) is 4.90 Å². The molecule has 29 heavy (non-hydrogen) atoms. The van der Waals surface area contributed by atoms with E-state index in [1.54, 1.807) is 18.1 Å². The van der Waals surface area contributed by atoms with Gasteiger partial charge in [0.25, 0.3) is 0 Å². The van der Waals surface area contributed by atoms with Crippen molar-refractivity contribution in [2.24, 2.45) is 0 Å². The molecule has 1 aliphatic rings. The van der Waals surface area contributed by atoms with E-state index < -0.39 is 12.0 Å². The highest BCUT2D eigenvalue weighted by Gasteiger charge is 2.34. The Balaban J connectivity index is 1.64. The summed E-state index contributed by atoms with van der Waals surface area (Å²) >= 11 is 0. The first-order valence-electron chi connectivity index (χ1n) is 9.79. The number of carbonyl (C=O) groups is 2. The van der Waals surface area contributed by atoms with Gasteiger partial charge in [-0.1, -0.05) is 42.5 Å². The third-order valence-electron chi connectivity index (χ3n) is 5.25. The fourth-order valence-corrected chi connectivity index (χ4v) is 3.74. The number of likely N-dealkylation sites (tertiary alicyclic amines) is 1. The van der Waals surface area contributed by atoms with Crippen LogP contribution in [0.1, 0.15) is 30.9 Å². The van der Waals surface area contributed by atoms with Crippen molar-refractivity contribution in [2.75, 3.05) is 13.7 Å². The predicted molar refractivity (Wildman–Crippen MR) is 111 cm³/mol. The summed E-state index contributed by atoms with van der Waals surface area (Å²) < 4.78 is 11.0. The van der Waals surface area contributed by atoms with Crippen molar-refractivity contribution in [3.8, 4) is 11.5 Å². The van der Waals surface area contributed by atoms with E-state index in [1.807, 2.05) is 60.7 Å². The standard InChI is InChI=1S/C24H23NO4/c1-28-20-12-10-17-11-13-21(16-19(17)15-20)29-24(27)23(18-7-3-2-4-8-18)25-14-6-5-9-22(25)26/h2-4,7-8,10-13,15-16,23H,5-6,9,14H2,1H3. The summed E-state index contributed by atoms with van der Waals surface area (Å²) in [7, 11) is 1.62. The average Bonchev–Trinajstić information content (AvgIpc) is 2.75. The van der Waals surface area contributed by atoms with E-state index >= 15 is 0 Å². The summed E-state index contributed by atoms with van der Waals surface area (Å²) in [6, 6.07) is 19.8. The molecule has 0 spiro atoms. The Morgan fingerprint density at radius 3 is 2.38 bits per heavy atom. The van der Waals surface area contributed by atoms with Crippen molar-refractivity contribution in [2.45, 2.75) is 25.3 Å². The fraction of sp³-hybridized carbons (Fsp3) is 0.250. The maximum Gasteiger partial charge on any atom is 0.338 e. The minimum Gasteiger partial charge on any atom is -0.497 e. The Labute approximate surface area is 169 Å². The van der Waals surface area contributed by atoms with Gasteiger partial charge in [-0.3, -0.25) is 4.79 Å². The lowest BCUT2D eigenvalue weighted by Gasteiger charge is -2.33. The van der Waals surface area contributed by atoms with Crippen LogP contribution >= 0.6 is 0 Å². The quantitative estimate of drug-likeness (QED) is 0.476. The number of fused-ring (bicyclic) bond motifs is 1. The topological polar surface area (TPSA) is 55.8 Å². The highest BCUT2D eigenvalue weighted by molar-refractivity contribution is 5.89. The zero-order valence-corrected chi connectivity index (χ0v) is 16.3. The second-order valence-corrected chi connectivity index (χ2v) is 7.15. The number of hydrogen-bond acceptors (Lipinski definition) is 4. The van der Waals surface area contributed by atoms with Crippen LogP contribution in [0.2, 0.25) is 0 Å². The van der Waals surface area contributed by atoms with Gasteiger partial charge in [-0.25, -0.2) is 4.79 Å². The Kier molecular flexibility index (Phi) is 5.47. The van der Waals surface area contributed by atoms with Crippen LogP contribution in [0.25, 0.3) is 10.8 Å². The Bertz CT molecular complexity index is 1030. The van der Waals surface area contributed by atoms with Gasteiger partial charge in [0.2, 0.25) is 5.91 Å². The second-order valence-electron chi connectivity index (χ2n) is 7.15. The van der Waals surface area contributed by atoms with E-state index in [0.717, 1.165) is 34.9 Å². The monoisotopic (exact) mass is 389 g/mol. The summed E-state index contributed by atoms with van der Waals surface area (Å²) in [4.78, 5) is 27.3. The molecule has 1 heterocycles. The van der Waals surface area contributed by atoms with Crippen LogP contribution in [-0.2, 0) is 9.59 Å². The summed E-state index contributed by atoms with van der Waals surface area (Å²) in [6.07, 6.45) is 2.21. The number of nitrogens with zero attached hydrogens (tertiary/aromatic N) is 1. The Morgan fingerprint density at radius 1 is 0.931 bits per heavy atom. The number of piperidine rings is 1. The molecule has 148 valence electrons. The van der Waals surface area contributed by atoms with Crippen LogP contribution in [0.15, 0.2) is 66.7 Å². The lowest BCUT2D eigenvalue weighted by molar-refractivity contribution is -0.150. The smallest absolute Gasteiger partial charge is 0.338 e. The van der Waals surface area contributed by atoms with Gasteiger partial charge < -0.3 is 14.4 Å². The minimum atomic E-state index is -0.745. The van der Waals surface area contributed by atoms with Crippen molar-refractivity contribution < 1.29 is 19.1 Å². The molecule has 0 aromatic heterocycles. The zero-order chi connectivity index (χ0) is 20.2. The van der Waals surface area contributed by atoms with E-state index in [2.05, 4.69) is 0 Å². The molecule has 0 bridgehead atoms. The number of ether oxygens (including phenoxy) is 2. The van der Waals surface area contributed by atoms with Gasteiger partial charge in [0.1, 0.15) is 11.5 Å². The molecule has 5 nitrogen and oxygen atoms in total. The average molecular weight is 389 g/mol. The molecule has 3 aromatic rings. The molecule has 0 saturated carbocycles. The van der Waals surface area contributed by atoms with Crippen molar-refractivity contribution in [1.29, 1.82) is 0 Å². The molecule has 4 rings (SSSR count). The highest BCUT2D eigenvalue weighted by Crippen LogP contribution is 2.29. The molecule has 1 aliphatic heterocycles. The maximum atomic E-state index is 13.2. The summed E-state index contributed by atoms with van der Waals surface area (Å²) in [5.41, 5.74) is 0.759. The number of rotatable bonds is 5. The largest absolute Gasteiger partial charge is 0.497 e. The first-order valence-corrected chi connectivity index (χ1v) is 9.79. The Hall–Kier alpha value is -3.34. The normalized spacial score (nSPS) is 15.2. The summed E-state index contributed by atoms with van der Waals surface area (Å²) in [6.45, 7) is 0.558. The van der Waals surface area contributed by atoms with E-state index in [1.165, 1.54) is 0 Å². The molecule has 3 aromatic carbocycles. The molecule has 0 N–H and O–H groups in total. The lowest BCUT2D eigenvalue weighted by atomic mass is 10.0. The van der Waals surface area contributed by atoms with Crippen molar-refractivity contribution >= 4 is 22.6 Å². The zero-order valence-electron chi connectivity index (χ0n) is 16.3. The first kappa shape index (κ1) is 19.0. The SMILES string of the molecule is COc1ccc2ccc(OC(=O)C(c3ccccc3)N3CCCCC3=O)cc2c1. The van der Waals surface area contributed by atoms with Gasteiger partial charge in [0.15, 0.2) is 6.04 Å². The second kappa shape index (κ2) is 8.35. The molecule has 1 atom stereocenters. The number of amides is 1. The number of benzene rings is 3. The number of carbonyl (C=O) groups excluding carboxylic acids is 2. The molecule has 1 amide bonds. The minimum absolute atomic E-state index is 0.00898. The van der Waals surface area contributed by atoms with Gasteiger partial charge in [0.05, 0.1) is 7.11 Å². The van der Waals surface area contributed by atoms with Crippen LogP contribution in [0, 0.1) is 0 Å². The maximum absolute atomic E-state index is 13.2. The van der Waals surface area contributed by atoms with Crippen LogP contribution in [-0.4, -0.2) is 30.4 Å². The summed E-state index contributed by atoms with van der Waals surface area (Å²) in [5, 5.41) is 1.94. The Morgan fingerprint density at radius 2 is 1.66 bits per heavy atom. The van der Waals surface area contributed by atoms with Gasteiger partial charge >= 0.3 is 5.97 Å². The number of esters is 1. The van der Waals surface area contributed by atoms with Crippen LogP contribution in [0.3, 0.4) is 0 Å². The fourth-order valence-electron chi connectivity index (χ4n) is 3.74. The third kappa shape index (κ3) is 4.09. The molecule has 1 fully saturated rings. The van der Waals surface area contributed by atoms with Crippen LogP contribution < -0.4 is 9.47 Å². The third-order valence-corrected chi connectivity index (χ3v) is 5.25. The molecule has 1 unspecified atom stereocenters. The van der Waals surface area contributed by atoms with E-state index in [-0.39, 0.29) is 5.91 Å². The van der Waals surface area contributed by atoms with Crippen LogP contribution in [0.4, 0.5) is 0 Å². The van der Waals surface area contributed by atoms with Gasteiger partial charge in [-0.15, -0.1) is 0 Å². The van der Waals surface area contributed by atoms with Gasteiger partial charge in [-0.05, 0) is 53.4 Å². The van der Waals surface area contributed by atoms with E-state index in [0.29, 0.717) is 18.7 Å². The molecule has 5 heteroatoms. The van der Waals surface area contributed by atoms with E-state index in [9.17, 15) is 9.59 Å². The van der Waals surface area contributed by atoms with Crippen LogP contribution in [0.5, 0.6) is 11.5 Å². The van der Waals surface area contributed by atoms with Gasteiger partial charge in [-0.2, -0.15) is 0 Å². The highest BCUT2D eigenvalue weighted by atomic mass is 16.5. The lowest BCUT2D eigenvalue weighted by Crippen LogP contribution is -2.43. The van der Waals surface area contributed by atoms with Crippen molar-refractivity contribution in [3.63, 3.8) is 0 Å². The number of methoxy groups -OCH3 is 1. The molecule has 1 saturated heterocycles. The predicted octanol–water partition coefficient (Wildman–Crippen LogP) is 4.51. The molecular formula is C24H23NO4. The molecule has 0 radical (unpaired) electrons. The first-order chi connectivity index (χ1) is 14.2. The van der Waals surface area contributed by atoms with E-state index in [4.69, 9.17) is 9.47 Å². The van der Waals surface area contributed by atoms with Gasteiger partial charge in [0, 0.05) is 13.0 Å². The number of hydrogen-bond donors (Lipinski definition) is 0.